The van der Waals surface area contributed by atoms with Crippen molar-refractivity contribution in [3.05, 3.63) is 12.7 Å². The summed E-state index contributed by atoms with van der Waals surface area (Å²) in [5.74, 6) is -2.03. The summed E-state index contributed by atoms with van der Waals surface area (Å²) >= 11 is 0. The Morgan fingerprint density at radius 2 is 2.22 bits per heavy atom. The van der Waals surface area contributed by atoms with Crippen LogP contribution in [0.2, 0.25) is 0 Å². The van der Waals surface area contributed by atoms with Crippen molar-refractivity contribution in [3.8, 4) is 0 Å². The monoisotopic (exact) mass is 257 g/mol. The van der Waals surface area contributed by atoms with Gasteiger partial charge in [-0.3, -0.25) is 0 Å². The fourth-order valence-corrected chi connectivity index (χ4v) is 2.45. The maximum atomic E-state index is 14.5. The number of hydrogen-bond donors (Lipinski definition) is 1. The van der Waals surface area contributed by atoms with Crippen molar-refractivity contribution in [1.82, 2.24) is 4.90 Å². The summed E-state index contributed by atoms with van der Waals surface area (Å²) in [5, 5.41) is 9.03. The number of carbonyl (C=O) groups is 2. The van der Waals surface area contributed by atoms with Crippen molar-refractivity contribution in [2.45, 2.75) is 18.5 Å². The first kappa shape index (κ1) is 12.9. The lowest BCUT2D eigenvalue weighted by molar-refractivity contribution is -0.153. The molecule has 0 aromatic carbocycles. The fraction of sp³-hybridized carbons (Fsp3) is 0.667. The molecule has 0 aromatic rings. The molecule has 1 aliphatic heterocycles. The summed E-state index contributed by atoms with van der Waals surface area (Å²) in [5.41, 5.74) is -2.34. The van der Waals surface area contributed by atoms with E-state index in [1.807, 2.05) is 0 Å². The second-order valence-corrected chi connectivity index (χ2v) is 4.86. The fourth-order valence-electron chi connectivity index (χ4n) is 2.45. The van der Waals surface area contributed by atoms with Gasteiger partial charge in [0, 0.05) is 12.5 Å². The third-order valence-electron chi connectivity index (χ3n) is 3.56. The van der Waals surface area contributed by atoms with Gasteiger partial charge in [0.15, 0.2) is 0 Å². The Labute approximate surface area is 104 Å². The molecule has 1 N–H and O–H groups in total. The van der Waals surface area contributed by atoms with Crippen LogP contribution in [0.4, 0.5) is 9.18 Å². The average molecular weight is 257 g/mol. The maximum absolute atomic E-state index is 14.5. The van der Waals surface area contributed by atoms with Gasteiger partial charge in [0.1, 0.15) is 6.61 Å². The van der Waals surface area contributed by atoms with Crippen molar-refractivity contribution in [3.63, 3.8) is 0 Å². The first-order valence-corrected chi connectivity index (χ1v) is 5.94. The van der Waals surface area contributed by atoms with Gasteiger partial charge in [0.05, 0.1) is 6.54 Å². The van der Waals surface area contributed by atoms with Gasteiger partial charge in [-0.25, -0.2) is 14.0 Å². The zero-order chi connectivity index (χ0) is 13.3. The molecular weight excluding hydrogens is 241 g/mol. The highest BCUT2D eigenvalue weighted by atomic mass is 19.1. The van der Waals surface area contributed by atoms with Gasteiger partial charge in [0.25, 0.3) is 0 Å². The molecule has 1 saturated carbocycles. The summed E-state index contributed by atoms with van der Waals surface area (Å²) in [6.45, 7) is 3.13. The van der Waals surface area contributed by atoms with Gasteiger partial charge in [-0.1, -0.05) is 12.7 Å². The molecule has 0 spiro atoms. The molecule has 100 valence electrons. The van der Waals surface area contributed by atoms with Crippen molar-refractivity contribution in [2.75, 3.05) is 19.7 Å². The summed E-state index contributed by atoms with van der Waals surface area (Å²) in [4.78, 5) is 23.8. The SMILES string of the molecule is C=CCOC(=O)N1CC(C2CC2)C(F)(C(=O)O)C1. The molecule has 0 bridgehead atoms. The highest BCUT2D eigenvalue weighted by Gasteiger charge is 2.59. The number of hydrogen-bond acceptors (Lipinski definition) is 3. The number of likely N-dealkylation sites (tertiary alicyclic amines) is 1. The standard InChI is InChI=1S/C12H16FNO4/c1-2-5-18-11(17)14-6-9(8-3-4-8)12(13,7-14)10(15)16/h2,8-9H,1,3-7H2,(H,15,16). The van der Waals surface area contributed by atoms with Gasteiger partial charge in [0.2, 0.25) is 5.67 Å². The minimum atomic E-state index is -2.34. The maximum Gasteiger partial charge on any atom is 0.410 e. The molecular formula is C12H16FNO4. The molecule has 6 heteroatoms. The Morgan fingerprint density at radius 1 is 1.56 bits per heavy atom. The van der Waals surface area contributed by atoms with Crippen LogP contribution in [0, 0.1) is 11.8 Å². The van der Waals surface area contributed by atoms with Crippen molar-refractivity contribution >= 4 is 12.1 Å². The molecule has 1 saturated heterocycles. The van der Waals surface area contributed by atoms with Crippen molar-refractivity contribution in [2.24, 2.45) is 11.8 Å². The van der Waals surface area contributed by atoms with Crippen LogP contribution in [0.15, 0.2) is 12.7 Å². The van der Waals surface area contributed by atoms with Crippen LogP contribution < -0.4 is 0 Å². The first-order valence-electron chi connectivity index (χ1n) is 5.94. The van der Waals surface area contributed by atoms with E-state index in [-0.39, 0.29) is 19.1 Å². The van der Waals surface area contributed by atoms with E-state index >= 15 is 0 Å². The molecule has 2 atom stereocenters. The third kappa shape index (κ3) is 2.19. The van der Waals surface area contributed by atoms with Crippen molar-refractivity contribution in [1.29, 1.82) is 0 Å². The van der Waals surface area contributed by atoms with Gasteiger partial charge >= 0.3 is 12.1 Å². The minimum Gasteiger partial charge on any atom is -0.479 e. The Morgan fingerprint density at radius 3 is 2.72 bits per heavy atom. The molecule has 2 aliphatic rings. The van der Waals surface area contributed by atoms with Crippen LogP contribution in [-0.4, -0.2) is 47.4 Å². The Bertz CT molecular complexity index is 382. The summed E-state index contributed by atoms with van der Waals surface area (Å²) < 4.78 is 19.3. The molecule has 1 amide bonds. The molecule has 1 heterocycles. The zero-order valence-electron chi connectivity index (χ0n) is 9.97. The van der Waals surface area contributed by atoms with Crippen LogP contribution in [-0.2, 0) is 9.53 Å². The zero-order valence-corrected chi connectivity index (χ0v) is 9.97. The second kappa shape index (κ2) is 4.59. The molecule has 18 heavy (non-hydrogen) atoms. The number of carbonyl (C=O) groups excluding carboxylic acids is 1. The molecule has 1 aliphatic carbocycles. The van der Waals surface area contributed by atoms with Crippen LogP contribution in [0.5, 0.6) is 0 Å². The van der Waals surface area contributed by atoms with Crippen LogP contribution in [0.1, 0.15) is 12.8 Å². The molecule has 0 radical (unpaired) electrons. The minimum absolute atomic E-state index is 0.0375. The van der Waals surface area contributed by atoms with Gasteiger partial charge < -0.3 is 14.7 Å². The number of halogens is 1. The number of amides is 1. The molecule has 2 rings (SSSR count). The van der Waals surface area contributed by atoms with Crippen LogP contribution in [0.25, 0.3) is 0 Å². The Hall–Kier alpha value is -1.59. The number of aliphatic carboxylic acids is 1. The lowest BCUT2D eigenvalue weighted by atomic mass is 9.89. The Balaban J connectivity index is 2.07. The van der Waals surface area contributed by atoms with Gasteiger partial charge in [-0.15, -0.1) is 0 Å². The van der Waals surface area contributed by atoms with E-state index in [0.29, 0.717) is 0 Å². The van der Waals surface area contributed by atoms with E-state index in [4.69, 9.17) is 9.84 Å². The van der Waals surface area contributed by atoms with E-state index in [0.717, 1.165) is 17.7 Å². The largest absolute Gasteiger partial charge is 0.479 e. The predicted molar refractivity (Wildman–Crippen MR) is 60.8 cm³/mol. The number of alkyl halides is 1. The van der Waals surface area contributed by atoms with E-state index in [1.165, 1.54) is 6.08 Å². The molecule has 0 aromatic heterocycles. The van der Waals surface area contributed by atoms with Crippen LogP contribution >= 0.6 is 0 Å². The molecule has 5 nitrogen and oxygen atoms in total. The van der Waals surface area contributed by atoms with E-state index in [9.17, 15) is 14.0 Å². The summed E-state index contributed by atoms with van der Waals surface area (Å²) in [6.07, 6.45) is 2.39. The van der Waals surface area contributed by atoms with E-state index in [1.54, 1.807) is 0 Å². The second-order valence-electron chi connectivity index (χ2n) is 4.86. The van der Waals surface area contributed by atoms with E-state index in [2.05, 4.69) is 6.58 Å². The quantitative estimate of drug-likeness (QED) is 0.774. The average Bonchev–Trinajstić information content (AvgIpc) is 3.10. The molecule has 2 fully saturated rings. The van der Waals surface area contributed by atoms with Crippen molar-refractivity contribution < 1.29 is 23.8 Å². The topological polar surface area (TPSA) is 66.8 Å². The normalized spacial score (nSPS) is 31.2. The number of carboxylic acids is 1. The van der Waals surface area contributed by atoms with E-state index < -0.39 is 30.2 Å². The highest BCUT2D eigenvalue weighted by molar-refractivity contribution is 5.81. The van der Waals surface area contributed by atoms with Gasteiger partial charge in [-0.05, 0) is 18.8 Å². The lowest BCUT2D eigenvalue weighted by Gasteiger charge is -2.20. The predicted octanol–water partition coefficient (Wildman–Crippen LogP) is 1.44. The van der Waals surface area contributed by atoms with Gasteiger partial charge in [-0.2, -0.15) is 0 Å². The summed E-state index contributed by atoms with van der Waals surface area (Å²) in [6, 6.07) is 0. The first-order chi connectivity index (χ1) is 8.49. The summed E-state index contributed by atoms with van der Waals surface area (Å²) in [7, 11) is 0. The smallest absolute Gasteiger partial charge is 0.410 e. The lowest BCUT2D eigenvalue weighted by Crippen LogP contribution is -2.43. The number of carboxylic acid groups (broad SMARTS) is 1. The number of nitrogens with zero attached hydrogens (tertiary/aromatic N) is 1. The number of ether oxygens (including phenoxy) is 1. The highest BCUT2D eigenvalue weighted by Crippen LogP contribution is 2.47. The third-order valence-corrected chi connectivity index (χ3v) is 3.56. The Kier molecular flexibility index (Phi) is 3.28. The van der Waals surface area contributed by atoms with Crippen LogP contribution in [0.3, 0.4) is 0 Å². The number of rotatable bonds is 4. The molecule has 2 unspecified atom stereocenters.